The van der Waals surface area contributed by atoms with Crippen molar-refractivity contribution in [3.05, 3.63) is 72.9 Å². The first-order chi connectivity index (χ1) is 9.40. The van der Waals surface area contributed by atoms with Crippen molar-refractivity contribution in [1.29, 1.82) is 0 Å². The maximum absolute atomic E-state index is 5.44. The van der Waals surface area contributed by atoms with E-state index in [0.29, 0.717) is 0 Å². The minimum absolute atomic E-state index is 0.871. The number of benzene rings is 2. The summed E-state index contributed by atoms with van der Waals surface area (Å²) in [6, 6.07) is 22.6. The van der Waals surface area contributed by atoms with Crippen LogP contribution in [0, 0.1) is 0 Å². The number of rotatable bonds is 3. The molecule has 3 aromatic rings. The van der Waals surface area contributed by atoms with Gasteiger partial charge in [0.1, 0.15) is 5.75 Å². The number of hydrogen-bond donors (Lipinski definition) is 0. The van der Waals surface area contributed by atoms with Crippen molar-refractivity contribution in [2.24, 2.45) is 0 Å². The molecule has 1 heterocycles. The maximum atomic E-state index is 5.44. The van der Waals surface area contributed by atoms with Gasteiger partial charge in [-0.15, -0.1) is 0 Å². The zero-order valence-electron chi connectivity index (χ0n) is 10.8. The van der Waals surface area contributed by atoms with Gasteiger partial charge in [-0.2, -0.15) is 0 Å². The highest BCUT2D eigenvalue weighted by molar-refractivity contribution is 5.64. The molecule has 0 aliphatic carbocycles. The molecule has 0 saturated heterocycles. The Morgan fingerprint density at radius 3 is 2.32 bits per heavy atom. The Labute approximate surface area is 112 Å². The van der Waals surface area contributed by atoms with Gasteiger partial charge < -0.3 is 9.30 Å². The van der Waals surface area contributed by atoms with Gasteiger partial charge >= 0.3 is 0 Å². The van der Waals surface area contributed by atoms with Crippen molar-refractivity contribution in [3.63, 3.8) is 0 Å². The molecule has 0 radical (unpaired) electrons. The van der Waals surface area contributed by atoms with E-state index in [1.165, 1.54) is 5.56 Å². The van der Waals surface area contributed by atoms with Gasteiger partial charge in [0.05, 0.1) is 18.5 Å². The molecule has 0 atom stereocenters. The fraction of sp³-hybridized carbons (Fsp3) is 0.0588. The van der Waals surface area contributed by atoms with E-state index >= 15 is 0 Å². The molecular weight excluding hydrogens is 234 g/mol. The first kappa shape index (κ1) is 11.6. The third-order valence-electron chi connectivity index (χ3n) is 3.16. The topological polar surface area (TPSA) is 14.2 Å². The van der Waals surface area contributed by atoms with E-state index in [1.54, 1.807) is 7.11 Å². The molecular formula is C17H15NO. The summed E-state index contributed by atoms with van der Waals surface area (Å²) in [6.45, 7) is 0. The number of para-hydroxylation sites is 2. The quantitative estimate of drug-likeness (QED) is 0.680. The lowest BCUT2D eigenvalue weighted by atomic mass is 10.1. The SMILES string of the molecule is COc1ccccc1-n1cccc1-c1ccccc1. The van der Waals surface area contributed by atoms with Gasteiger partial charge in [-0.25, -0.2) is 0 Å². The van der Waals surface area contributed by atoms with Crippen LogP contribution in [0.4, 0.5) is 0 Å². The molecule has 2 nitrogen and oxygen atoms in total. The molecule has 0 unspecified atom stereocenters. The van der Waals surface area contributed by atoms with E-state index in [2.05, 4.69) is 53.2 Å². The highest BCUT2D eigenvalue weighted by Gasteiger charge is 2.09. The lowest BCUT2D eigenvalue weighted by molar-refractivity contribution is 0.413. The second kappa shape index (κ2) is 5.02. The van der Waals surface area contributed by atoms with E-state index in [1.807, 2.05) is 24.3 Å². The fourth-order valence-corrected chi connectivity index (χ4v) is 2.26. The summed E-state index contributed by atoms with van der Waals surface area (Å²) in [7, 11) is 1.70. The molecule has 0 bridgehead atoms. The Hall–Kier alpha value is -2.48. The van der Waals surface area contributed by atoms with Crippen LogP contribution in [0.3, 0.4) is 0 Å². The largest absolute Gasteiger partial charge is 0.495 e. The van der Waals surface area contributed by atoms with Crippen LogP contribution in [0.25, 0.3) is 16.9 Å². The smallest absolute Gasteiger partial charge is 0.142 e. The van der Waals surface area contributed by atoms with E-state index < -0.39 is 0 Å². The van der Waals surface area contributed by atoms with Crippen LogP contribution in [-0.4, -0.2) is 11.7 Å². The second-order valence-electron chi connectivity index (χ2n) is 4.30. The van der Waals surface area contributed by atoms with E-state index in [-0.39, 0.29) is 0 Å². The van der Waals surface area contributed by atoms with Crippen LogP contribution < -0.4 is 4.74 Å². The summed E-state index contributed by atoms with van der Waals surface area (Å²) in [6.07, 6.45) is 2.06. The van der Waals surface area contributed by atoms with E-state index in [9.17, 15) is 0 Å². The highest BCUT2D eigenvalue weighted by Crippen LogP contribution is 2.28. The standard InChI is InChI=1S/C17H15NO/c1-19-17-12-6-5-10-16(17)18-13-7-11-15(18)14-8-3-2-4-9-14/h2-13H,1H3. The normalized spacial score (nSPS) is 10.4. The molecule has 1 aromatic heterocycles. The molecule has 0 saturated carbocycles. The minimum atomic E-state index is 0.871. The number of ether oxygens (including phenoxy) is 1. The van der Waals surface area contributed by atoms with Gasteiger partial charge in [0, 0.05) is 6.20 Å². The summed E-state index contributed by atoms with van der Waals surface area (Å²) >= 11 is 0. The average Bonchev–Trinajstić information content (AvgIpc) is 2.97. The Morgan fingerprint density at radius 2 is 1.53 bits per heavy atom. The van der Waals surface area contributed by atoms with Gasteiger partial charge in [-0.05, 0) is 29.8 Å². The van der Waals surface area contributed by atoms with Crippen LogP contribution in [0.1, 0.15) is 0 Å². The summed E-state index contributed by atoms with van der Waals surface area (Å²) in [5.41, 5.74) is 3.40. The van der Waals surface area contributed by atoms with Gasteiger partial charge in [-0.1, -0.05) is 42.5 Å². The zero-order valence-corrected chi connectivity index (χ0v) is 10.8. The van der Waals surface area contributed by atoms with Crippen LogP contribution in [0.15, 0.2) is 72.9 Å². The first-order valence-corrected chi connectivity index (χ1v) is 6.26. The van der Waals surface area contributed by atoms with Crippen LogP contribution >= 0.6 is 0 Å². The highest BCUT2D eigenvalue weighted by atomic mass is 16.5. The average molecular weight is 249 g/mol. The van der Waals surface area contributed by atoms with Crippen molar-refractivity contribution in [2.45, 2.75) is 0 Å². The maximum Gasteiger partial charge on any atom is 0.142 e. The third kappa shape index (κ3) is 2.13. The van der Waals surface area contributed by atoms with Crippen LogP contribution in [0.2, 0.25) is 0 Å². The Morgan fingerprint density at radius 1 is 0.789 bits per heavy atom. The monoisotopic (exact) mass is 249 g/mol. The summed E-state index contributed by atoms with van der Waals surface area (Å²) in [5, 5.41) is 0. The number of methoxy groups -OCH3 is 1. The van der Waals surface area contributed by atoms with E-state index in [0.717, 1.165) is 17.1 Å². The molecule has 94 valence electrons. The molecule has 2 aromatic carbocycles. The Kier molecular flexibility index (Phi) is 3.07. The van der Waals surface area contributed by atoms with Gasteiger partial charge in [0.2, 0.25) is 0 Å². The van der Waals surface area contributed by atoms with Crippen molar-refractivity contribution in [2.75, 3.05) is 7.11 Å². The van der Waals surface area contributed by atoms with Crippen molar-refractivity contribution >= 4 is 0 Å². The van der Waals surface area contributed by atoms with Crippen molar-refractivity contribution in [1.82, 2.24) is 4.57 Å². The fourth-order valence-electron chi connectivity index (χ4n) is 2.26. The molecule has 0 aliphatic rings. The van der Waals surface area contributed by atoms with Gasteiger partial charge in [-0.3, -0.25) is 0 Å². The van der Waals surface area contributed by atoms with Crippen LogP contribution in [0.5, 0.6) is 5.75 Å². The molecule has 0 N–H and O–H groups in total. The molecule has 19 heavy (non-hydrogen) atoms. The lowest BCUT2D eigenvalue weighted by Gasteiger charge is -2.13. The van der Waals surface area contributed by atoms with Crippen molar-refractivity contribution < 1.29 is 4.74 Å². The Bertz CT molecular complexity index is 670. The predicted molar refractivity (Wildman–Crippen MR) is 77.8 cm³/mol. The molecule has 2 heteroatoms. The third-order valence-corrected chi connectivity index (χ3v) is 3.16. The van der Waals surface area contributed by atoms with Gasteiger partial charge in [0.25, 0.3) is 0 Å². The second-order valence-corrected chi connectivity index (χ2v) is 4.30. The summed E-state index contributed by atoms with van der Waals surface area (Å²) in [5.74, 6) is 0.871. The lowest BCUT2D eigenvalue weighted by Crippen LogP contribution is -1.98. The Balaban J connectivity index is 2.15. The number of aromatic nitrogens is 1. The summed E-state index contributed by atoms with van der Waals surface area (Å²) < 4.78 is 7.59. The molecule has 0 spiro atoms. The minimum Gasteiger partial charge on any atom is -0.495 e. The predicted octanol–water partition coefficient (Wildman–Crippen LogP) is 4.15. The molecule has 0 fully saturated rings. The zero-order chi connectivity index (χ0) is 13.1. The number of hydrogen-bond acceptors (Lipinski definition) is 1. The van der Waals surface area contributed by atoms with Gasteiger partial charge in [0.15, 0.2) is 0 Å². The van der Waals surface area contributed by atoms with E-state index in [4.69, 9.17) is 4.74 Å². The number of nitrogens with zero attached hydrogens (tertiary/aromatic N) is 1. The van der Waals surface area contributed by atoms with Crippen LogP contribution in [-0.2, 0) is 0 Å². The molecule has 0 amide bonds. The first-order valence-electron chi connectivity index (χ1n) is 6.26. The molecule has 0 aliphatic heterocycles. The summed E-state index contributed by atoms with van der Waals surface area (Å²) in [4.78, 5) is 0. The van der Waals surface area contributed by atoms with Crippen molar-refractivity contribution in [3.8, 4) is 22.7 Å². The molecule has 3 rings (SSSR count).